The van der Waals surface area contributed by atoms with Crippen molar-refractivity contribution >= 4 is 74.3 Å². The summed E-state index contributed by atoms with van der Waals surface area (Å²) in [7, 11) is 0. The lowest BCUT2D eigenvalue weighted by Gasteiger charge is -2.45. The molecule has 0 aromatic heterocycles. The fourth-order valence-electron chi connectivity index (χ4n) is 15.7. The topological polar surface area (TPSA) is 46.6 Å². The maximum absolute atomic E-state index is 6.50. The van der Waals surface area contributed by atoms with Crippen LogP contribution >= 0.6 is 0 Å². The summed E-state index contributed by atoms with van der Waals surface area (Å²) < 4.78 is 25.6. The Balaban J connectivity index is 0.880. The third-order valence-corrected chi connectivity index (χ3v) is 19.5. The van der Waals surface area contributed by atoms with Crippen LogP contribution in [0.3, 0.4) is 0 Å². The van der Waals surface area contributed by atoms with Gasteiger partial charge in [0.25, 0.3) is 6.71 Å². The maximum Gasteiger partial charge on any atom is 0.252 e. The molecule has 0 fully saturated rings. The average Bonchev–Trinajstić information content (AvgIpc) is 0.924. The van der Waals surface area contributed by atoms with E-state index in [1.54, 1.807) is 0 Å². The highest BCUT2D eigenvalue weighted by Crippen LogP contribution is 2.54. The van der Waals surface area contributed by atoms with Crippen LogP contribution in [0.25, 0.3) is 33.4 Å². The van der Waals surface area contributed by atoms with Gasteiger partial charge in [-0.05, 0) is 205 Å². The van der Waals surface area contributed by atoms with Crippen molar-refractivity contribution in [1.29, 1.82) is 0 Å². The van der Waals surface area contributed by atoms with E-state index in [1.807, 2.05) is 0 Å². The lowest BCUT2D eigenvalue weighted by molar-refractivity contribution is 0.171. The smallest absolute Gasteiger partial charge is 0.252 e. The van der Waals surface area contributed by atoms with E-state index in [1.165, 1.54) is 89.1 Å². The molecule has 17 rings (SSSR count). The van der Waals surface area contributed by atoms with Crippen molar-refractivity contribution in [3.8, 4) is 56.4 Å². The quantitative estimate of drug-likeness (QED) is 0.147. The molecule has 10 aromatic rings. The molecule has 0 saturated heterocycles. The number of rotatable bonds is 7. The number of hydrogen-bond donors (Lipinski definition) is 0. The number of anilines is 9. The first kappa shape index (κ1) is 50.4. The molecule has 10 aromatic carbocycles. The number of benzene rings is 10. The highest BCUT2D eigenvalue weighted by Gasteiger charge is 2.47. The van der Waals surface area contributed by atoms with E-state index in [4.69, 9.17) is 18.9 Å². The van der Waals surface area contributed by atoms with Gasteiger partial charge in [0.05, 0.1) is 5.69 Å². The summed E-state index contributed by atoms with van der Waals surface area (Å²) in [6.07, 6.45) is 4.20. The molecule has 0 spiro atoms. The summed E-state index contributed by atoms with van der Waals surface area (Å²) in [6.45, 7) is 16.3. The molecular weight excluding hydrogens is 1040 g/mol. The Morgan fingerprint density at radius 2 is 0.871 bits per heavy atom. The Morgan fingerprint density at radius 3 is 1.56 bits per heavy atom. The molecule has 0 amide bonds. The molecule has 8 heteroatoms. The van der Waals surface area contributed by atoms with Crippen molar-refractivity contribution in [3.05, 3.63) is 228 Å². The first-order chi connectivity index (χ1) is 41.3. The molecule has 4 heterocycles. The predicted octanol–water partition coefficient (Wildman–Crippen LogP) is 16.7. The van der Waals surface area contributed by atoms with Crippen molar-refractivity contribution in [1.82, 2.24) is 0 Å². The van der Waals surface area contributed by atoms with Crippen LogP contribution < -0.4 is 50.0 Å². The van der Waals surface area contributed by atoms with E-state index >= 15 is 0 Å². The second kappa shape index (κ2) is 18.4. The molecule has 7 aliphatic rings. The fraction of sp³-hybridized carbons (Fsp3) is 0.221. The molecule has 0 saturated carbocycles. The Morgan fingerprint density at radius 1 is 0.365 bits per heavy atom. The third kappa shape index (κ3) is 8.00. The van der Waals surface area contributed by atoms with Crippen molar-refractivity contribution < 1.29 is 18.9 Å². The van der Waals surface area contributed by atoms with E-state index in [0.717, 1.165) is 93.9 Å². The molecule has 0 bridgehead atoms. The zero-order chi connectivity index (χ0) is 57.1. The summed E-state index contributed by atoms with van der Waals surface area (Å²) in [5.41, 5.74) is 29.8. The van der Waals surface area contributed by atoms with Crippen LogP contribution in [0.5, 0.6) is 23.0 Å². The summed E-state index contributed by atoms with van der Waals surface area (Å²) >= 11 is 0. The fourth-order valence-corrected chi connectivity index (χ4v) is 15.7. The monoisotopic (exact) mass is 1110 g/mol. The van der Waals surface area contributed by atoms with Crippen LogP contribution in [0.1, 0.15) is 74.9 Å². The van der Waals surface area contributed by atoms with E-state index in [-0.39, 0.29) is 23.0 Å². The van der Waals surface area contributed by atoms with Crippen LogP contribution in [-0.2, 0) is 31.1 Å². The first-order valence-corrected chi connectivity index (χ1v) is 30.5. The first-order valence-electron chi connectivity index (χ1n) is 30.5. The summed E-state index contributed by atoms with van der Waals surface area (Å²) in [6, 6.07) is 73.3. The number of nitrogens with zero attached hydrogens (tertiary/aromatic N) is 3. The van der Waals surface area contributed by atoms with Crippen molar-refractivity contribution in [2.45, 2.75) is 72.6 Å². The van der Waals surface area contributed by atoms with Gasteiger partial charge in [-0.3, -0.25) is 0 Å². The molecule has 0 unspecified atom stereocenters. The minimum absolute atomic E-state index is 0.110. The van der Waals surface area contributed by atoms with Gasteiger partial charge in [0.1, 0.15) is 26.4 Å². The Labute approximate surface area is 499 Å². The van der Waals surface area contributed by atoms with Gasteiger partial charge in [0.2, 0.25) is 0 Å². The summed E-state index contributed by atoms with van der Waals surface area (Å²) in [5.74, 6) is 3.05. The molecule has 0 atom stereocenters. The molecule has 85 heavy (non-hydrogen) atoms. The number of hydrogen-bond acceptors (Lipinski definition) is 7. The van der Waals surface area contributed by atoms with Crippen LogP contribution in [0, 0.1) is 10.8 Å². The van der Waals surface area contributed by atoms with Gasteiger partial charge in [-0.15, -0.1) is 0 Å². The third-order valence-electron chi connectivity index (χ3n) is 19.5. The SMILES string of the molecule is CC1(C)Cc2ccc(N3c4cc5c(cc4B4c6cc7c(cc6N(c6ccc8c(c6)OCCO8)c6cc(-c8ccc(N(c9ccc(-c%10ccccc%10)cc9)c9ccc%10c(c9)C(C)(C)c9ccccc9-%10)cc8)cc3c64)OCCO7)CC(C)(C)C5)cc2C1. The zero-order valence-electron chi connectivity index (χ0n) is 49.2. The highest BCUT2D eigenvalue weighted by molar-refractivity contribution is 7.00. The maximum atomic E-state index is 6.50. The van der Waals surface area contributed by atoms with Crippen molar-refractivity contribution in [2.75, 3.05) is 41.1 Å². The van der Waals surface area contributed by atoms with E-state index < -0.39 is 0 Å². The van der Waals surface area contributed by atoms with E-state index in [9.17, 15) is 0 Å². The normalized spacial score (nSPS) is 17.0. The highest BCUT2D eigenvalue weighted by atomic mass is 16.6. The van der Waals surface area contributed by atoms with Gasteiger partial charge < -0.3 is 33.6 Å². The van der Waals surface area contributed by atoms with Gasteiger partial charge in [-0.25, -0.2) is 0 Å². The van der Waals surface area contributed by atoms with Crippen LogP contribution in [-0.4, -0.2) is 33.1 Å². The van der Waals surface area contributed by atoms with Gasteiger partial charge in [-0.2, -0.15) is 0 Å². The largest absolute Gasteiger partial charge is 0.486 e. The molecule has 3 aliphatic carbocycles. The van der Waals surface area contributed by atoms with E-state index in [2.05, 4.69) is 250 Å². The number of fused-ring (bicyclic) bond motifs is 11. The minimum atomic E-state index is -0.157. The second-order valence-electron chi connectivity index (χ2n) is 26.8. The summed E-state index contributed by atoms with van der Waals surface area (Å²) in [4.78, 5) is 7.51. The van der Waals surface area contributed by atoms with Gasteiger partial charge in [-0.1, -0.05) is 139 Å². The van der Waals surface area contributed by atoms with Crippen molar-refractivity contribution in [3.63, 3.8) is 0 Å². The number of ether oxygens (including phenoxy) is 4. The Kier molecular flexibility index (Phi) is 10.9. The van der Waals surface area contributed by atoms with Gasteiger partial charge in [0.15, 0.2) is 23.0 Å². The van der Waals surface area contributed by atoms with Gasteiger partial charge >= 0.3 is 0 Å². The molecule has 4 aliphatic heterocycles. The second-order valence-corrected chi connectivity index (χ2v) is 26.8. The van der Waals surface area contributed by atoms with Crippen LogP contribution in [0.15, 0.2) is 194 Å². The van der Waals surface area contributed by atoms with Crippen molar-refractivity contribution in [2.24, 2.45) is 10.8 Å². The average molecular weight is 1110 g/mol. The predicted molar refractivity (Wildman–Crippen MR) is 348 cm³/mol. The standard InChI is InChI=1S/C77H66BN3O4/c1-75(2)43-50-20-25-57(34-52(50)44-75)80-66-38-54-46-76(3,4)45-53(54)35-64(66)78-65-41-72-73(85-33-32-84-72)42-67(65)81(59-27-29-70-71(40-59)83-31-30-82-70)69-37-51(36-68(80)74(69)78)49-18-23-56(24-19-49)79(55-21-16-48(17-22-55)47-12-8-7-9-13-47)58-26-28-61-60-14-10-11-15-62(60)77(5,6)63(61)39-58/h7-29,34-42H,30-33,43-46H2,1-6H3. The van der Waals surface area contributed by atoms with Gasteiger partial charge in [0, 0.05) is 63.0 Å². The Bertz CT molecular complexity index is 4430. The molecule has 0 radical (unpaired) electrons. The lowest BCUT2D eigenvalue weighted by Crippen LogP contribution is -2.61. The summed E-state index contributed by atoms with van der Waals surface area (Å²) in [5, 5.41) is 0. The Hall–Kier alpha value is -9.14. The molecule has 416 valence electrons. The lowest BCUT2D eigenvalue weighted by atomic mass is 9.33. The van der Waals surface area contributed by atoms with E-state index in [0.29, 0.717) is 26.4 Å². The molecular formula is C77H66BN3O4. The molecule has 7 nitrogen and oxygen atoms in total. The minimum Gasteiger partial charge on any atom is -0.486 e. The van der Waals surface area contributed by atoms with Crippen LogP contribution in [0.4, 0.5) is 51.2 Å². The zero-order valence-corrected chi connectivity index (χ0v) is 49.2. The van der Waals surface area contributed by atoms with Crippen LogP contribution in [0.2, 0.25) is 0 Å². The molecule has 0 N–H and O–H groups in total.